The third kappa shape index (κ3) is 6.30. The summed E-state index contributed by atoms with van der Waals surface area (Å²) >= 11 is 12.5. The maximum Gasteiger partial charge on any atom is 0.417 e. The number of unbranched alkanes of at least 4 members (excludes halogenated alkanes) is 2. The van der Waals surface area contributed by atoms with E-state index in [0.29, 0.717) is 42.1 Å². The minimum Gasteiger partial charge on any atom is -0.505 e. The fourth-order valence-electron chi connectivity index (χ4n) is 8.90. The highest BCUT2D eigenvalue weighted by molar-refractivity contribution is 6.33. The summed E-state index contributed by atoms with van der Waals surface area (Å²) in [5, 5.41) is 20.6. The van der Waals surface area contributed by atoms with Gasteiger partial charge in [-0.2, -0.15) is 18.2 Å². The normalized spacial score (nSPS) is 26.1. The van der Waals surface area contributed by atoms with Gasteiger partial charge in [0.2, 0.25) is 11.8 Å². The van der Waals surface area contributed by atoms with E-state index in [1.807, 2.05) is 0 Å². The Balaban J connectivity index is 1.35. The second kappa shape index (κ2) is 14.2. The van der Waals surface area contributed by atoms with Crippen LogP contribution in [0.4, 0.5) is 23.4 Å². The maximum absolute atomic E-state index is 15.3. The molecule has 2 aliphatic heterocycles. The Bertz CT molecular complexity index is 2150. The lowest BCUT2D eigenvalue weighted by Crippen LogP contribution is -2.53. The first-order valence-electron chi connectivity index (χ1n) is 17.5. The van der Waals surface area contributed by atoms with Crippen LogP contribution >= 0.6 is 23.2 Å². The van der Waals surface area contributed by atoms with Gasteiger partial charge in [-0.15, -0.1) is 0 Å². The number of aliphatic carboxylic acids is 1. The number of likely N-dealkylation sites (tertiary alicyclic amines) is 1. The van der Waals surface area contributed by atoms with E-state index in [-0.39, 0.29) is 42.0 Å². The van der Waals surface area contributed by atoms with E-state index in [1.165, 1.54) is 36.4 Å². The molecule has 3 fully saturated rings. The summed E-state index contributed by atoms with van der Waals surface area (Å²) in [7, 11) is 0. The molecule has 3 N–H and O–H groups in total. The number of halogens is 6. The van der Waals surface area contributed by atoms with Crippen LogP contribution in [0.15, 0.2) is 66.4 Å². The number of benzene rings is 2. The number of carbonyl (C=O) groups excluding carboxylic acids is 4. The van der Waals surface area contributed by atoms with Crippen LogP contribution in [-0.2, 0) is 35.6 Å². The molecule has 4 amide bonds. The zero-order valence-electron chi connectivity index (χ0n) is 28.7. The number of fused-ring (bicyclic) bond motifs is 4. The number of hydrogen-bond acceptors (Lipinski definition) is 8. The summed E-state index contributed by atoms with van der Waals surface area (Å²) in [5.74, 6) is -11.3. The smallest absolute Gasteiger partial charge is 0.417 e. The highest BCUT2D eigenvalue weighted by Crippen LogP contribution is 2.65. The zero-order valence-corrected chi connectivity index (χ0v) is 30.2. The van der Waals surface area contributed by atoms with E-state index < -0.39 is 98.7 Å². The highest BCUT2D eigenvalue weighted by Gasteiger charge is 2.70. The molecule has 0 radical (unpaired) electrons. The van der Waals surface area contributed by atoms with E-state index in [0.717, 1.165) is 11.0 Å². The van der Waals surface area contributed by atoms with Crippen molar-refractivity contribution in [2.45, 2.75) is 56.0 Å². The molecule has 0 unspecified atom stereocenters. The van der Waals surface area contributed by atoms with Crippen LogP contribution in [0, 0.1) is 29.5 Å². The lowest BCUT2D eigenvalue weighted by atomic mass is 9.49. The number of carboxylic acids is 1. The number of aromatic nitrogens is 1. The van der Waals surface area contributed by atoms with Gasteiger partial charge in [-0.05, 0) is 61.4 Å². The van der Waals surface area contributed by atoms with Gasteiger partial charge in [-0.1, -0.05) is 65.5 Å². The number of carbonyl (C=O) groups is 5. The first-order valence-corrected chi connectivity index (χ1v) is 18.2. The number of carboxylic acid groups (broad SMARTS) is 1. The molecule has 0 bridgehead atoms. The largest absolute Gasteiger partial charge is 0.505 e. The lowest BCUT2D eigenvalue weighted by Gasteiger charge is -2.50. The maximum atomic E-state index is 15.3. The van der Waals surface area contributed by atoms with E-state index in [9.17, 15) is 37.5 Å². The molecule has 2 saturated heterocycles. The molecule has 3 heterocycles. The van der Waals surface area contributed by atoms with Gasteiger partial charge in [0.25, 0.3) is 11.8 Å². The molecule has 2 aromatic carbocycles. The summed E-state index contributed by atoms with van der Waals surface area (Å²) in [6, 6.07) is 10.3. The molecule has 55 heavy (non-hydrogen) atoms. The lowest BCUT2D eigenvalue weighted by molar-refractivity contribution is -0.141. The van der Waals surface area contributed by atoms with Crippen LogP contribution in [0.3, 0.4) is 0 Å². The van der Waals surface area contributed by atoms with Crippen molar-refractivity contribution >= 4 is 58.6 Å². The van der Waals surface area contributed by atoms with Crippen molar-refractivity contribution in [3.63, 3.8) is 0 Å². The van der Waals surface area contributed by atoms with Crippen LogP contribution in [0.5, 0.6) is 5.75 Å². The average Bonchev–Trinajstić information content (AvgIpc) is 3.50. The molecule has 1 aromatic heterocycles. The van der Waals surface area contributed by atoms with Crippen molar-refractivity contribution in [1.29, 1.82) is 0 Å². The highest BCUT2D eigenvalue weighted by atomic mass is 35.5. The molecule has 0 spiro atoms. The number of para-hydroxylation sites is 1. The predicted octanol–water partition coefficient (Wildman–Crippen LogP) is 6.88. The summed E-state index contributed by atoms with van der Waals surface area (Å²) in [6.45, 7) is 0.0502. The van der Waals surface area contributed by atoms with Crippen LogP contribution in [0.2, 0.25) is 10.0 Å². The zero-order chi connectivity index (χ0) is 39.6. The summed E-state index contributed by atoms with van der Waals surface area (Å²) < 4.78 is 55.6. The number of hydrazine groups is 1. The third-order valence-corrected chi connectivity index (χ3v) is 11.8. The minimum atomic E-state index is -4.79. The number of rotatable bonds is 10. The number of alkyl halides is 3. The first-order chi connectivity index (χ1) is 26.1. The van der Waals surface area contributed by atoms with Crippen molar-refractivity contribution in [1.82, 2.24) is 14.9 Å². The number of aromatic hydroxyl groups is 1. The Kier molecular flexibility index (Phi) is 9.91. The number of allylic oxidation sites excluding steroid dienone is 2. The van der Waals surface area contributed by atoms with Crippen molar-refractivity contribution in [3.05, 3.63) is 98.9 Å². The third-order valence-electron chi connectivity index (χ3n) is 11.2. The first kappa shape index (κ1) is 38.3. The van der Waals surface area contributed by atoms with Gasteiger partial charge in [0.15, 0.2) is 17.4 Å². The van der Waals surface area contributed by atoms with Gasteiger partial charge >= 0.3 is 12.1 Å². The van der Waals surface area contributed by atoms with Gasteiger partial charge in [0.05, 0.1) is 33.8 Å². The number of amides is 4. The molecule has 2 aliphatic carbocycles. The number of phenols is 1. The molecule has 1 saturated carbocycles. The predicted molar refractivity (Wildman–Crippen MR) is 188 cm³/mol. The van der Waals surface area contributed by atoms with Crippen LogP contribution in [-0.4, -0.2) is 61.2 Å². The Morgan fingerprint density at radius 1 is 0.982 bits per heavy atom. The van der Waals surface area contributed by atoms with Gasteiger partial charge in [-0.3, -0.25) is 34.3 Å². The van der Waals surface area contributed by atoms with Crippen molar-refractivity contribution in [2.75, 3.05) is 12.0 Å². The molecule has 288 valence electrons. The summed E-state index contributed by atoms with van der Waals surface area (Å²) in [5.41, 5.74) is -0.0287. The van der Waals surface area contributed by atoms with Gasteiger partial charge in [0, 0.05) is 35.7 Å². The molecule has 7 rings (SSSR count). The number of pyridine rings is 1. The number of hydrogen-bond donors (Lipinski definition) is 3. The van der Waals surface area contributed by atoms with Gasteiger partial charge in [0.1, 0.15) is 0 Å². The van der Waals surface area contributed by atoms with E-state index >= 15 is 9.18 Å². The van der Waals surface area contributed by atoms with Crippen LogP contribution < -0.4 is 5.43 Å². The van der Waals surface area contributed by atoms with Crippen molar-refractivity contribution in [3.8, 4) is 5.75 Å². The number of anilines is 1. The monoisotopic (exact) mass is 802 g/mol. The fourth-order valence-corrected chi connectivity index (χ4v) is 9.24. The second-order valence-electron chi connectivity index (χ2n) is 14.1. The average molecular weight is 804 g/mol. The van der Waals surface area contributed by atoms with Crippen molar-refractivity contribution in [2.24, 2.45) is 23.7 Å². The topological polar surface area (TPSA) is 157 Å². The quantitative estimate of drug-likeness (QED) is 0.0861. The van der Waals surface area contributed by atoms with Crippen LogP contribution in [0.25, 0.3) is 0 Å². The number of nitrogens with one attached hydrogen (secondary N) is 1. The Hall–Kier alpha value is -5.02. The van der Waals surface area contributed by atoms with E-state index in [2.05, 4.69) is 10.4 Å². The molecular formula is C38H32Cl2F4N4O7. The van der Waals surface area contributed by atoms with E-state index in [1.54, 1.807) is 6.08 Å². The summed E-state index contributed by atoms with van der Waals surface area (Å²) in [4.78, 5) is 73.6. The minimum absolute atomic E-state index is 0.0502. The number of phenolic OH excluding ortho intramolecular Hbond substituents is 1. The molecule has 6 atom stereocenters. The fraction of sp³-hybridized carbons (Fsp3) is 0.368. The SMILES string of the molecule is O=C(O)CCCCCN1C(=O)[C@H]2[C@H](CC=C3[C@H]2C[C@H]2C(=O)N(Nc4ncc(C(F)(F)F)cc4Cl)C(=O)[C@@]2(c2ccc(Cl)cc2)[C@H]3c2cccc(F)c2O)C1=O. The van der Waals surface area contributed by atoms with Crippen molar-refractivity contribution < 1.29 is 51.7 Å². The molecule has 17 heteroatoms. The molecule has 11 nitrogen and oxygen atoms in total. The summed E-state index contributed by atoms with van der Waals surface area (Å²) in [6.07, 6.45) is -1.60. The van der Waals surface area contributed by atoms with Gasteiger partial charge < -0.3 is 10.2 Å². The standard InChI is InChI=1S/C38H32Cl2F4N4O7/c39-20-10-8-18(9-11-20)37-25(34(53)48(36(37)55)46-32-26(40)15-19(17-45-32)38(42,43)44)16-24-21(30(37)23-5-4-6-27(41)31(23)51)12-13-22-29(24)35(54)47(33(22)52)14-3-1-2-7-28(49)50/h4-6,8-12,15,17,22,24-25,29-30,51H,1-3,7,13-14,16H2,(H,45,46)(H,49,50)/t22-,24+,25-,29-,30+,37+/m0/s1. The molecule has 4 aliphatic rings. The molecule has 3 aromatic rings. The number of nitrogens with zero attached hydrogens (tertiary/aromatic N) is 3. The number of imide groups is 2. The van der Waals surface area contributed by atoms with Crippen LogP contribution in [0.1, 0.15) is 61.1 Å². The van der Waals surface area contributed by atoms with E-state index in [4.69, 9.17) is 28.3 Å². The molecular weight excluding hydrogens is 771 g/mol. The van der Waals surface area contributed by atoms with Gasteiger partial charge in [-0.25, -0.2) is 9.37 Å². The Morgan fingerprint density at radius 3 is 2.38 bits per heavy atom. The Labute approximate surface area is 320 Å². The second-order valence-corrected chi connectivity index (χ2v) is 15.0. The Morgan fingerprint density at radius 2 is 1.71 bits per heavy atom.